The molecule has 0 saturated heterocycles. The van der Waals surface area contributed by atoms with Crippen LogP contribution in [0.1, 0.15) is 29.3 Å². The summed E-state index contributed by atoms with van der Waals surface area (Å²) in [5, 5.41) is 6.12. The van der Waals surface area contributed by atoms with Crippen molar-refractivity contribution in [1.82, 2.24) is 15.3 Å². The van der Waals surface area contributed by atoms with Gasteiger partial charge in [0.15, 0.2) is 0 Å². The molecule has 0 radical (unpaired) electrons. The van der Waals surface area contributed by atoms with Gasteiger partial charge in [0.25, 0.3) is 5.91 Å². The van der Waals surface area contributed by atoms with E-state index in [-0.39, 0.29) is 5.91 Å². The van der Waals surface area contributed by atoms with Gasteiger partial charge in [-0.05, 0) is 41.3 Å². The van der Waals surface area contributed by atoms with E-state index in [0.717, 1.165) is 28.9 Å². The highest BCUT2D eigenvalue weighted by Gasteiger charge is 2.05. The van der Waals surface area contributed by atoms with Gasteiger partial charge in [-0.1, -0.05) is 37.3 Å². The number of carbonyl (C=O) groups excluding carboxylic acids is 1. The molecule has 2 heterocycles. The Morgan fingerprint density at radius 3 is 2.50 bits per heavy atom. The molecule has 0 unspecified atom stereocenters. The van der Waals surface area contributed by atoms with E-state index in [4.69, 9.17) is 0 Å². The first kappa shape index (κ1) is 17.6. The molecule has 2 N–H and O–H groups in total. The van der Waals surface area contributed by atoms with Crippen molar-refractivity contribution >= 4 is 11.7 Å². The number of amides is 1. The van der Waals surface area contributed by atoms with Crippen molar-refractivity contribution in [1.29, 1.82) is 0 Å². The van der Waals surface area contributed by atoms with Crippen LogP contribution in [0, 0.1) is 0 Å². The van der Waals surface area contributed by atoms with Crippen molar-refractivity contribution in [3.8, 4) is 11.1 Å². The van der Waals surface area contributed by atoms with Gasteiger partial charge in [0.2, 0.25) is 0 Å². The van der Waals surface area contributed by atoms with Crippen LogP contribution in [0.15, 0.2) is 67.1 Å². The summed E-state index contributed by atoms with van der Waals surface area (Å²) < 4.78 is 0. The van der Waals surface area contributed by atoms with Gasteiger partial charge in [0.1, 0.15) is 5.82 Å². The van der Waals surface area contributed by atoms with Gasteiger partial charge in [-0.2, -0.15) is 0 Å². The maximum atomic E-state index is 11.9. The highest BCUT2D eigenvalue weighted by molar-refractivity contribution is 5.94. The first-order valence-corrected chi connectivity index (χ1v) is 8.73. The molecule has 3 rings (SSSR count). The minimum absolute atomic E-state index is 0.0862. The van der Waals surface area contributed by atoms with Crippen molar-refractivity contribution in [3.05, 3.63) is 78.2 Å². The lowest BCUT2D eigenvalue weighted by Crippen LogP contribution is -2.24. The number of nitrogens with one attached hydrogen (secondary N) is 2. The lowest BCUT2D eigenvalue weighted by Gasteiger charge is -2.08. The number of rotatable bonds is 7. The summed E-state index contributed by atoms with van der Waals surface area (Å²) in [7, 11) is 0. The zero-order valence-electron chi connectivity index (χ0n) is 14.8. The van der Waals surface area contributed by atoms with E-state index in [1.54, 1.807) is 18.5 Å². The second-order valence-electron chi connectivity index (χ2n) is 5.98. The van der Waals surface area contributed by atoms with Crippen LogP contribution in [0.25, 0.3) is 11.1 Å². The van der Waals surface area contributed by atoms with Gasteiger partial charge >= 0.3 is 0 Å². The van der Waals surface area contributed by atoms with Crippen molar-refractivity contribution in [2.45, 2.75) is 19.9 Å². The maximum Gasteiger partial charge on any atom is 0.252 e. The van der Waals surface area contributed by atoms with E-state index in [9.17, 15) is 4.79 Å². The topological polar surface area (TPSA) is 66.9 Å². The number of aromatic nitrogens is 2. The molecule has 1 aromatic carbocycles. The fourth-order valence-corrected chi connectivity index (χ4v) is 2.51. The van der Waals surface area contributed by atoms with Gasteiger partial charge in [0.05, 0.1) is 5.56 Å². The Balaban J connectivity index is 1.56. The smallest absolute Gasteiger partial charge is 0.252 e. The molecule has 0 spiro atoms. The molecule has 0 atom stereocenters. The Hall–Kier alpha value is -3.21. The molecule has 0 saturated carbocycles. The molecule has 0 aliphatic rings. The van der Waals surface area contributed by atoms with Crippen molar-refractivity contribution < 1.29 is 4.79 Å². The second kappa shape index (κ2) is 8.76. The molecular weight excluding hydrogens is 324 g/mol. The molecule has 0 fully saturated rings. The average molecular weight is 346 g/mol. The van der Waals surface area contributed by atoms with Gasteiger partial charge in [-0.25, -0.2) is 4.98 Å². The van der Waals surface area contributed by atoms with Crippen LogP contribution in [0.5, 0.6) is 0 Å². The summed E-state index contributed by atoms with van der Waals surface area (Å²) in [6.45, 7) is 3.37. The average Bonchev–Trinajstić information content (AvgIpc) is 2.72. The second-order valence-corrected chi connectivity index (χ2v) is 5.98. The Bertz CT molecular complexity index is 830. The lowest BCUT2D eigenvalue weighted by atomic mass is 10.1. The number of benzene rings is 1. The van der Waals surface area contributed by atoms with Crippen LogP contribution in [0.4, 0.5) is 5.82 Å². The number of carbonyl (C=O) groups is 1. The largest absolute Gasteiger partial charge is 0.366 e. The Labute approximate surface area is 153 Å². The first-order valence-electron chi connectivity index (χ1n) is 8.73. The minimum atomic E-state index is -0.0862. The standard InChI is InChI=1S/C21H22N4O/c1-2-11-23-21(26)19-9-10-20(25-15-19)24-13-16-5-7-17(8-6-16)18-4-3-12-22-14-18/h3-10,12,14-15H,2,11,13H2,1H3,(H,23,26)(H,24,25). The summed E-state index contributed by atoms with van der Waals surface area (Å²) in [6.07, 6.45) is 6.14. The summed E-state index contributed by atoms with van der Waals surface area (Å²) in [5.41, 5.74) is 3.97. The first-order chi connectivity index (χ1) is 12.8. The Kier molecular flexibility index (Phi) is 5.93. The predicted molar refractivity (Wildman–Crippen MR) is 104 cm³/mol. The van der Waals surface area contributed by atoms with E-state index < -0.39 is 0 Å². The molecule has 132 valence electrons. The zero-order chi connectivity index (χ0) is 18.2. The quantitative estimate of drug-likeness (QED) is 0.681. The van der Waals surface area contributed by atoms with E-state index in [1.165, 1.54) is 0 Å². The van der Waals surface area contributed by atoms with Crippen molar-refractivity contribution in [3.63, 3.8) is 0 Å². The molecule has 0 aliphatic carbocycles. The molecule has 0 bridgehead atoms. The van der Waals surface area contributed by atoms with Gasteiger partial charge in [-0.3, -0.25) is 9.78 Å². The van der Waals surface area contributed by atoms with Crippen LogP contribution < -0.4 is 10.6 Å². The molecule has 26 heavy (non-hydrogen) atoms. The number of anilines is 1. The molecule has 5 heteroatoms. The van der Waals surface area contributed by atoms with Crippen LogP contribution >= 0.6 is 0 Å². The lowest BCUT2D eigenvalue weighted by molar-refractivity contribution is 0.0953. The van der Waals surface area contributed by atoms with Gasteiger partial charge < -0.3 is 10.6 Å². The molecule has 3 aromatic rings. The van der Waals surface area contributed by atoms with E-state index >= 15 is 0 Å². The Morgan fingerprint density at radius 1 is 1.00 bits per heavy atom. The number of hydrogen-bond acceptors (Lipinski definition) is 4. The van der Waals surface area contributed by atoms with Crippen LogP contribution in [-0.2, 0) is 6.54 Å². The third-order valence-corrected chi connectivity index (χ3v) is 3.98. The highest BCUT2D eigenvalue weighted by Crippen LogP contribution is 2.18. The van der Waals surface area contributed by atoms with Crippen LogP contribution in [-0.4, -0.2) is 22.4 Å². The number of pyridine rings is 2. The highest BCUT2D eigenvalue weighted by atomic mass is 16.1. The van der Waals surface area contributed by atoms with Gasteiger partial charge in [0, 0.05) is 31.7 Å². The normalized spacial score (nSPS) is 10.3. The third-order valence-electron chi connectivity index (χ3n) is 3.98. The fourth-order valence-electron chi connectivity index (χ4n) is 2.51. The van der Waals surface area contributed by atoms with Gasteiger partial charge in [-0.15, -0.1) is 0 Å². The molecule has 5 nitrogen and oxygen atoms in total. The SMILES string of the molecule is CCCNC(=O)c1ccc(NCc2ccc(-c3cccnc3)cc2)nc1. The van der Waals surface area contributed by atoms with Crippen LogP contribution in [0.3, 0.4) is 0 Å². The number of nitrogens with zero attached hydrogens (tertiary/aromatic N) is 2. The fraction of sp³-hybridized carbons (Fsp3) is 0.190. The minimum Gasteiger partial charge on any atom is -0.366 e. The summed E-state index contributed by atoms with van der Waals surface area (Å²) in [5.74, 6) is 0.658. The predicted octanol–water partition coefficient (Wildman–Crippen LogP) is 3.90. The summed E-state index contributed by atoms with van der Waals surface area (Å²) >= 11 is 0. The monoisotopic (exact) mass is 346 g/mol. The zero-order valence-corrected chi connectivity index (χ0v) is 14.8. The van der Waals surface area contributed by atoms with E-state index in [2.05, 4.69) is 44.9 Å². The van der Waals surface area contributed by atoms with E-state index in [1.807, 2.05) is 31.3 Å². The molecule has 0 aliphatic heterocycles. The molecule has 2 aromatic heterocycles. The Morgan fingerprint density at radius 2 is 1.85 bits per heavy atom. The number of hydrogen-bond donors (Lipinski definition) is 2. The van der Waals surface area contributed by atoms with Crippen LogP contribution in [0.2, 0.25) is 0 Å². The molecule has 1 amide bonds. The maximum absolute atomic E-state index is 11.9. The summed E-state index contributed by atoms with van der Waals surface area (Å²) in [6, 6.07) is 15.9. The molecular formula is C21H22N4O. The van der Waals surface area contributed by atoms with Crippen molar-refractivity contribution in [2.24, 2.45) is 0 Å². The van der Waals surface area contributed by atoms with E-state index in [0.29, 0.717) is 18.7 Å². The summed E-state index contributed by atoms with van der Waals surface area (Å²) in [4.78, 5) is 20.3. The third kappa shape index (κ3) is 4.66. The van der Waals surface area contributed by atoms with Crippen molar-refractivity contribution in [2.75, 3.05) is 11.9 Å².